The second kappa shape index (κ2) is 8.73. The van der Waals surface area contributed by atoms with E-state index in [2.05, 4.69) is 10.2 Å². The molecule has 6 nitrogen and oxygen atoms in total. The van der Waals surface area contributed by atoms with Crippen LogP contribution < -0.4 is 4.74 Å². The predicted molar refractivity (Wildman–Crippen MR) is 95.2 cm³/mol. The van der Waals surface area contributed by atoms with Crippen molar-refractivity contribution < 1.29 is 9.53 Å². The first-order valence-corrected chi connectivity index (χ1v) is 9.02. The minimum absolute atomic E-state index is 0.116. The van der Waals surface area contributed by atoms with E-state index in [1.54, 1.807) is 0 Å². The molecule has 24 heavy (non-hydrogen) atoms. The van der Waals surface area contributed by atoms with E-state index in [0.717, 1.165) is 29.8 Å². The summed E-state index contributed by atoms with van der Waals surface area (Å²) in [5, 5.41) is 9.02. The van der Waals surface area contributed by atoms with Crippen molar-refractivity contribution in [3.63, 3.8) is 0 Å². The third-order valence-electron chi connectivity index (χ3n) is 3.75. The van der Waals surface area contributed by atoms with E-state index in [9.17, 15) is 4.79 Å². The third kappa shape index (κ3) is 4.74. The molecule has 0 aliphatic rings. The Morgan fingerprint density at radius 3 is 2.50 bits per heavy atom. The molecule has 0 aliphatic carbocycles. The lowest BCUT2D eigenvalue weighted by atomic mass is 10.2. The van der Waals surface area contributed by atoms with Crippen molar-refractivity contribution in [3.8, 4) is 5.75 Å². The van der Waals surface area contributed by atoms with Crippen molar-refractivity contribution in [2.75, 3.05) is 18.8 Å². The highest BCUT2D eigenvalue weighted by Gasteiger charge is 2.14. The van der Waals surface area contributed by atoms with Gasteiger partial charge in [-0.1, -0.05) is 29.5 Å². The number of rotatable bonds is 8. The van der Waals surface area contributed by atoms with Crippen molar-refractivity contribution in [3.05, 3.63) is 35.7 Å². The van der Waals surface area contributed by atoms with E-state index < -0.39 is 0 Å². The molecule has 7 heteroatoms. The second-order valence-corrected chi connectivity index (χ2v) is 6.36. The lowest BCUT2D eigenvalue weighted by Gasteiger charge is -2.17. The highest BCUT2D eigenvalue weighted by molar-refractivity contribution is 7.99. The molecule has 0 N–H and O–H groups in total. The van der Waals surface area contributed by atoms with Gasteiger partial charge in [-0.15, -0.1) is 10.2 Å². The maximum absolute atomic E-state index is 12.1. The number of thioether (sulfide) groups is 1. The van der Waals surface area contributed by atoms with E-state index in [1.165, 1.54) is 17.3 Å². The van der Waals surface area contributed by atoms with Crippen LogP contribution in [-0.2, 0) is 18.4 Å². The highest BCUT2D eigenvalue weighted by atomic mass is 32.2. The topological polar surface area (TPSA) is 60.3 Å². The van der Waals surface area contributed by atoms with Gasteiger partial charge in [0.25, 0.3) is 0 Å². The average molecular weight is 348 g/mol. The number of nitrogens with zero attached hydrogens (tertiary/aromatic N) is 4. The quantitative estimate of drug-likeness (QED) is 0.687. The minimum Gasteiger partial charge on any atom is -0.486 e. The van der Waals surface area contributed by atoms with E-state index >= 15 is 0 Å². The Hall–Kier alpha value is -2.02. The van der Waals surface area contributed by atoms with Crippen LogP contribution in [0.2, 0.25) is 0 Å². The predicted octanol–water partition coefficient (Wildman–Crippen LogP) is 2.66. The molecule has 2 aromatic rings. The monoisotopic (exact) mass is 348 g/mol. The van der Waals surface area contributed by atoms with E-state index in [1.807, 2.05) is 61.6 Å². The van der Waals surface area contributed by atoms with Crippen LogP contribution in [0.15, 0.2) is 29.4 Å². The number of hydrogen-bond acceptors (Lipinski definition) is 5. The fourth-order valence-corrected chi connectivity index (χ4v) is 3.01. The molecule has 0 radical (unpaired) electrons. The highest BCUT2D eigenvalue weighted by Crippen LogP contribution is 2.18. The Bertz CT molecular complexity index is 666. The zero-order valence-electron chi connectivity index (χ0n) is 14.7. The molecule has 0 spiro atoms. The molecule has 1 aromatic heterocycles. The van der Waals surface area contributed by atoms with Gasteiger partial charge in [0.15, 0.2) is 11.0 Å². The molecule has 0 saturated carbocycles. The van der Waals surface area contributed by atoms with Crippen molar-refractivity contribution in [1.82, 2.24) is 19.7 Å². The average Bonchev–Trinajstić information content (AvgIpc) is 2.93. The summed E-state index contributed by atoms with van der Waals surface area (Å²) in [5.41, 5.74) is 1.19. The second-order valence-electron chi connectivity index (χ2n) is 5.41. The van der Waals surface area contributed by atoms with E-state index in [-0.39, 0.29) is 5.91 Å². The largest absolute Gasteiger partial charge is 0.486 e. The summed E-state index contributed by atoms with van der Waals surface area (Å²) in [6.45, 7) is 7.80. The fourth-order valence-electron chi connectivity index (χ4n) is 2.17. The van der Waals surface area contributed by atoms with Crippen LogP contribution in [0.3, 0.4) is 0 Å². The molecule has 1 heterocycles. The molecule has 2 rings (SSSR count). The molecule has 0 fully saturated rings. The summed E-state index contributed by atoms with van der Waals surface area (Å²) >= 11 is 1.40. The van der Waals surface area contributed by atoms with Gasteiger partial charge in [0.1, 0.15) is 12.4 Å². The number of hydrogen-bond donors (Lipinski definition) is 0. The first-order chi connectivity index (χ1) is 11.5. The van der Waals surface area contributed by atoms with Crippen LogP contribution in [0.4, 0.5) is 0 Å². The fraction of sp³-hybridized carbons (Fsp3) is 0.471. The van der Waals surface area contributed by atoms with Crippen LogP contribution in [0.25, 0.3) is 0 Å². The molecule has 1 amide bonds. The first-order valence-electron chi connectivity index (χ1n) is 8.03. The summed E-state index contributed by atoms with van der Waals surface area (Å²) in [6.07, 6.45) is 0. The number of benzene rings is 1. The van der Waals surface area contributed by atoms with Gasteiger partial charge in [0.05, 0.1) is 5.75 Å². The van der Waals surface area contributed by atoms with Gasteiger partial charge in [-0.2, -0.15) is 0 Å². The maximum Gasteiger partial charge on any atom is 0.233 e. The molecule has 0 unspecified atom stereocenters. The Labute approximate surface area is 147 Å². The molecule has 0 atom stereocenters. The molecular weight excluding hydrogens is 324 g/mol. The van der Waals surface area contributed by atoms with Crippen molar-refractivity contribution in [2.45, 2.75) is 32.5 Å². The van der Waals surface area contributed by atoms with Crippen molar-refractivity contribution in [1.29, 1.82) is 0 Å². The molecule has 1 aromatic carbocycles. The normalized spacial score (nSPS) is 10.7. The van der Waals surface area contributed by atoms with E-state index in [4.69, 9.17) is 4.74 Å². The van der Waals surface area contributed by atoms with Crippen molar-refractivity contribution >= 4 is 17.7 Å². The van der Waals surface area contributed by atoms with Gasteiger partial charge in [-0.3, -0.25) is 4.79 Å². The summed E-state index contributed by atoms with van der Waals surface area (Å²) in [6, 6.07) is 7.88. The van der Waals surface area contributed by atoms with Gasteiger partial charge in [-0.25, -0.2) is 0 Å². The molecule has 0 aliphatic heterocycles. The van der Waals surface area contributed by atoms with Gasteiger partial charge < -0.3 is 14.2 Å². The maximum atomic E-state index is 12.1. The van der Waals surface area contributed by atoms with E-state index in [0.29, 0.717) is 12.4 Å². The smallest absolute Gasteiger partial charge is 0.233 e. The summed E-state index contributed by atoms with van der Waals surface area (Å²) in [4.78, 5) is 13.9. The van der Waals surface area contributed by atoms with Gasteiger partial charge in [0.2, 0.25) is 5.91 Å². The SMILES string of the molecule is CCN(CC)C(=O)CSc1nnc(COc2ccc(C)cc2)n1C. The minimum atomic E-state index is 0.116. The number of aromatic nitrogens is 3. The van der Waals surface area contributed by atoms with Crippen LogP contribution in [0, 0.1) is 6.92 Å². The van der Waals surface area contributed by atoms with Crippen LogP contribution in [0.1, 0.15) is 25.2 Å². The number of carbonyl (C=O) groups is 1. The van der Waals surface area contributed by atoms with Gasteiger partial charge in [0, 0.05) is 20.1 Å². The zero-order chi connectivity index (χ0) is 17.5. The first kappa shape index (κ1) is 18.3. The molecule has 0 saturated heterocycles. The Morgan fingerprint density at radius 1 is 1.21 bits per heavy atom. The number of aryl methyl sites for hydroxylation is 1. The lowest BCUT2D eigenvalue weighted by molar-refractivity contribution is -0.127. The standard InChI is InChI=1S/C17H24N4O2S/c1-5-21(6-2)16(22)12-24-17-19-18-15(20(17)4)11-23-14-9-7-13(3)8-10-14/h7-10H,5-6,11-12H2,1-4H3. The molecular formula is C17H24N4O2S. The zero-order valence-corrected chi connectivity index (χ0v) is 15.5. The summed E-state index contributed by atoms with van der Waals surface area (Å²) < 4.78 is 7.60. The lowest BCUT2D eigenvalue weighted by Crippen LogP contribution is -2.31. The van der Waals surface area contributed by atoms with Crippen LogP contribution in [-0.4, -0.2) is 44.4 Å². The Kier molecular flexibility index (Phi) is 6.66. The van der Waals surface area contributed by atoms with Crippen LogP contribution in [0.5, 0.6) is 5.75 Å². The van der Waals surface area contributed by atoms with Crippen molar-refractivity contribution in [2.24, 2.45) is 7.05 Å². The third-order valence-corrected chi connectivity index (χ3v) is 4.76. The Morgan fingerprint density at radius 2 is 1.88 bits per heavy atom. The van der Waals surface area contributed by atoms with Crippen LogP contribution >= 0.6 is 11.8 Å². The summed E-state index contributed by atoms with van der Waals surface area (Å²) in [7, 11) is 1.89. The number of amides is 1. The van der Waals surface area contributed by atoms with Gasteiger partial charge >= 0.3 is 0 Å². The molecule has 0 bridgehead atoms. The Balaban J connectivity index is 1.91. The molecule has 130 valence electrons. The number of carbonyl (C=O) groups excluding carboxylic acids is 1. The number of ether oxygens (including phenoxy) is 1. The summed E-state index contributed by atoms with van der Waals surface area (Å²) in [5.74, 6) is 2.01. The van der Waals surface area contributed by atoms with Gasteiger partial charge in [-0.05, 0) is 32.9 Å².